The smallest absolute Gasteiger partial charge is 0.270 e. The summed E-state index contributed by atoms with van der Waals surface area (Å²) in [6.07, 6.45) is 8.10. The lowest BCUT2D eigenvalue weighted by Crippen LogP contribution is -2.38. The van der Waals surface area contributed by atoms with Gasteiger partial charge in [-0.3, -0.25) is 19.5 Å². The average Bonchev–Trinajstić information content (AvgIpc) is 3.48. The fraction of sp³-hybridized carbons (Fsp3) is 0.250. The second-order valence-corrected chi connectivity index (χ2v) is 8.41. The number of hydrogen-bond donors (Lipinski definition) is 1. The Bertz CT molecular complexity index is 1280. The van der Waals surface area contributed by atoms with Crippen LogP contribution >= 0.6 is 11.3 Å². The van der Waals surface area contributed by atoms with Gasteiger partial charge in [-0.25, -0.2) is 19.9 Å². The van der Waals surface area contributed by atoms with Crippen molar-refractivity contribution in [3.63, 3.8) is 0 Å². The molecule has 0 bridgehead atoms. The van der Waals surface area contributed by atoms with Crippen molar-refractivity contribution in [2.75, 3.05) is 23.3 Å². The summed E-state index contributed by atoms with van der Waals surface area (Å²) in [7, 11) is 0. The van der Waals surface area contributed by atoms with E-state index in [1.54, 1.807) is 18.6 Å². The summed E-state index contributed by atoms with van der Waals surface area (Å²) < 4.78 is 2.49. The molecule has 1 aliphatic rings. The number of imidazole rings is 1. The zero-order chi connectivity index (χ0) is 22.1. The quantitative estimate of drug-likeness (QED) is 0.362. The molecule has 11 nitrogen and oxygen atoms in total. The summed E-state index contributed by atoms with van der Waals surface area (Å²) in [6.45, 7) is 1.40. The molecule has 12 heteroatoms. The van der Waals surface area contributed by atoms with E-state index in [1.807, 2.05) is 16.8 Å². The fourth-order valence-electron chi connectivity index (χ4n) is 3.70. The summed E-state index contributed by atoms with van der Waals surface area (Å²) >= 11 is 1.24. The number of thiazole rings is 1. The minimum absolute atomic E-state index is 0.00677. The largest absolute Gasteiger partial charge is 0.356 e. The first-order chi connectivity index (χ1) is 15.6. The highest BCUT2D eigenvalue weighted by Crippen LogP contribution is 2.30. The van der Waals surface area contributed by atoms with Gasteiger partial charge in [0.1, 0.15) is 24.3 Å². The van der Waals surface area contributed by atoms with Crippen LogP contribution < -0.4 is 10.2 Å². The summed E-state index contributed by atoms with van der Waals surface area (Å²) in [4.78, 5) is 42.5. The molecule has 0 unspecified atom stereocenters. The van der Waals surface area contributed by atoms with Gasteiger partial charge in [0.25, 0.3) is 5.69 Å². The molecule has 1 aromatic carbocycles. The van der Waals surface area contributed by atoms with Crippen LogP contribution in [0.1, 0.15) is 12.8 Å². The molecule has 5 rings (SSSR count). The molecule has 162 valence electrons. The number of piperidine rings is 1. The Morgan fingerprint density at radius 2 is 2.00 bits per heavy atom. The molecular formula is C20H18N8O3S. The van der Waals surface area contributed by atoms with Gasteiger partial charge >= 0.3 is 0 Å². The summed E-state index contributed by atoms with van der Waals surface area (Å²) in [6, 6.07) is 6.38. The molecule has 0 aliphatic carbocycles. The SMILES string of the molecule is O=C(Nc1nc2ccc([N+](=O)[O-])cc2s1)C1CCN(c2cc(-n3ccnc3)ncn2)CC1. The molecule has 32 heavy (non-hydrogen) atoms. The highest BCUT2D eigenvalue weighted by molar-refractivity contribution is 7.22. The van der Waals surface area contributed by atoms with Crippen molar-refractivity contribution in [1.29, 1.82) is 0 Å². The Morgan fingerprint density at radius 1 is 1.19 bits per heavy atom. The van der Waals surface area contributed by atoms with E-state index < -0.39 is 4.92 Å². The van der Waals surface area contributed by atoms with E-state index in [2.05, 4.69) is 30.2 Å². The van der Waals surface area contributed by atoms with Crippen LogP contribution in [-0.4, -0.2) is 48.4 Å². The van der Waals surface area contributed by atoms with Crippen LogP contribution in [-0.2, 0) is 4.79 Å². The molecule has 0 spiro atoms. The summed E-state index contributed by atoms with van der Waals surface area (Å²) in [5.41, 5.74) is 0.635. The van der Waals surface area contributed by atoms with Gasteiger partial charge in [0.05, 0.1) is 15.1 Å². The Labute approximate surface area is 185 Å². The normalized spacial score (nSPS) is 14.6. The average molecular weight is 450 g/mol. The number of non-ortho nitro benzene ring substituents is 1. The first-order valence-electron chi connectivity index (χ1n) is 9.98. The van der Waals surface area contributed by atoms with Crippen LogP contribution in [0.15, 0.2) is 49.3 Å². The Hall–Kier alpha value is -3.93. The van der Waals surface area contributed by atoms with Crippen LogP contribution in [0.5, 0.6) is 0 Å². The number of nitrogens with one attached hydrogen (secondary N) is 1. The number of aromatic nitrogens is 5. The number of nitro benzene ring substituents is 1. The number of nitro groups is 1. The maximum absolute atomic E-state index is 12.8. The number of fused-ring (bicyclic) bond motifs is 1. The van der Waals surface area contributed by atoms with Crippen molar-refractivity contribution in [1.82, 2.24) is 24.5 Å². The molecule has 1 N–H and O–H groups in total. The Kier molecular flexibility index (Phi) is 5.19. The molecule has 1 aliphatic heterocycles. The summed E-state index contributed by atoms with van der Waals surface area (Å²) in [5.74, 6) is 1.33. The molecule has 0 radical (unpaired) electrons. The molecule has 1 fully saturated rings. The van der Waals surface area contributed by atoms with E-state index in [4.69, 9.17) is 0 Å². The third-order valence-corrected chi connectivity index (χ3v) is 6.34. The lowest BCUT2D eigenvalue weighted by atomic mass is 9.96. The highest BCUT2D eigenvalue weighted by atomic mass is 32.1. The number of anilines is 2. The number of benzene rings is 1. The minimum Gasteiger partial charge on any atom is -0.356 e. The molecule has 1 amide bonds. The van der Waals surface area contributed by atoms with Gasteiger partial charge < -0.3 is 10.2 Å². The Balaban J connectivity index is 1.22. The minimum atomic E-state index is -0.443. The molecule has 0 saturated carbocycles. The van der Waals surface area contributed by atoms with E-state index in [9.17, 15) is 14.9 Å². The van der Waals surface area contributed by atoms with E-state index in [-0.39, 0.29) is 17.5 Å². The molecule has 1 saturated heterocycles. The fourth-order valence-corrected chi connectivity index (χ4v) is 4.61. The van der Waals surface area contributed by atoms with Crippen LogP contribution in [0, 0.1) is 16.0 Å². The van der Waals surface area contributed by atoms with Gasteiger partial charge in [0.15, 0.2) is 5.13 Å². The lowest BCUT2D eigenvalue weighted by molar-refractivity contribution is -0.384. The van der Waals surface area contributed by atoms with Gasteiger partial charge in [-0.1, -0.05) is 11.3 Å². The van der Waals surface area contributed by atoms with Gasteiger partial charge in [0, 0.05) is 49.6 Å². The predicted molar refractivity (Wildman–Crippen MR) is 119 cm³/mol. The molecule has 3 aromatic heterocycles. The lowest BCUT2D eigenvalue weighted by Gasteiger charge is -2.32. The van der Waals surface area contributed by atoms with Crippen molar-refractivity contribution in [3.8, 4) is 5.82 Å². The van der Waals surface area contributed by atoms with Crippen molar-refractivity contribution < 1.29 is 9.72 Å². The van der Waals surface area contributed by atoms with E-state index >= 15 is 0 Å². The zero-order valence-corrected chi connectivity index (χ0v) is 17.6. The van der Waals surface area contributed by atoms with Gasteiger partial charge in [-0.05, 0) is 18.9 Å². The van der Waals surface area contributed by atoms with E-state index in [1.165, 1.54) is 29.8 Å². The first-order valence-corrected chi connectivity index (χ1v) is 10.8. The third-order valence-electron chi connectivity index (χ3n) is 5.41. The topological polar surface area (TPSA) is 132 Å². The van der Waals surface area contributed by atoms with Crippen LogP contribution in [0.25, 0.3) is 16.0 Å². The standard InChI is InChI=1S/C20H18N8O3S/c29-19(25-20-24-15-2-1-14(28(30)31)9-16(15)32-20)13-3-6-26(7-4-13)17-10-18(23-11-22-17)27-8-5-21-12-27/h1-2,5,8-13H,3-4,6-7H2,(H,24,25,29). The van der Waals surface area contributed by atoms with Crippen molar-refractivity contribution in [2.45, 2.75) is 12.8 Å². The molecule has 0 atom stereocenters. The van der Waals surface area contributed by atoms with Crippen LogP contribution in [0.2, 0.25) is 0 Å². The maximum atomic E-state index is 12.8. The van der Waals surface area contributed by atoms with Gasteiger partial charge in [0.2, 0.25) is 5.91 Å². The highest BCUT2D eigenvalue weighted by Gasteiger charge is 2.26. The van der Waals surface area contributed by atoms with Gasteiger partial charge in [-0.2, -0.15) is 0 Å². The second-order valence-electron chi connectivity index (χ2n) is 7.38. The number of carbonyl (C=O) groups excluding carboxylic acids is 1. The summed E-state index contributed by atoms with van der Waals surface area (Å²) in [5, 5.41) is 14.3. The van der Waals surface area contributed by atoms with Crippen LogP contribution in [0.3, 0.4) is 0 Å². The Morgan fingerprint density at radius 3 is 2.75 bits per heavy atom. The predicted octanol–water partition coefficient (Wildman–Crippen LogP) is 3.04. The van der Waals surface area contributed by atoms with E-state index in [0.717, 1.165) is 11.6 Å². The number of amides is 1. The second kappa shape index (κ2) is 8.30. The molecule has 4 aromatic rings. The maximum Gasteiger partial charge on any atom is 0.270 e. The van der Waals surface area contributed by atoms with Crippen molar-refractivity contribution >= 4 is 44.1 Å². The van der Waals surface area contributed by atoms with Crippen molar-refractivity contribution in [3.05, 3.63) is 59.4 Å². The van der Waals surface area contributed by atoms with E-state index in [0.29, 0.717) is 41.3 Å². The number of hydrogen-bond acceptors (Lipinski definition) is 9. The molecule has 4 heterocycles. The zero-order valence-electron chi connectivity index (χ0n) is 16.8. The van der Waals surface area contributed by atoms with Crippen LogP contribution in [0.4, 0.5) is 16.6 Å². The van der Waals surface area contributed by atoms with Gasteiger partial charge in [-0.15, -0.1) is 0 Å². The molecular weight excluding hydrogens is 432 g/mol. The monoisotopic (exact) mass is 450 g/mol. The number of carbonyl (C=O) groups is 1. The third kappa shape index (κ3) is 3.99. The number of rotatable bonds is 5. The van der Waals surface area contributed by atoms with Crippen molar-refractivity contribution in [2.24, 2.45) is 5.92 Å². The first kappa shape index (κ1) is 20.0. The number of nitrogens with zero attached hydrogens (tertiary/aromatic N) is 7.